The summed E-state index contributed by atoms with van der Waals surface area (Å²) < 4.78 is 7.81. The number of nitrogens with zero attached hydrogens (tertiary/aromatic N) is 5. The Morgan fingerprint density at radius 1 is 0.825 bits per heavy atom. The molecule has 0 bridgehead atoms. The van der Waals surface area contributed by atoms with Crippen molar-refractivity contribution in [2.45, 2.75) is 13.0 Å². The van der Waals surface area contributed by atoms with Crippen LogP contribution >= 0.6 is 11.6 Å². The van der Waals surface area contributed by atoms with Crippen LogP contribution < -0.4 is 15.0 Å². The van der Waals surface area contributed by atoms with E-state index in [0.29, 0.717) is 16.7 Å². The van der Waals surface area contributed by atoms with Crippen LogP contribution in [0.3, 0.4) is 0 Å². The molecule has 1 atom stereocenters. The maximum atomic E-state index is 6.17. The van der Waals surface area contributed by atoms with Gasteiger partial charge >= 0.3 is 0 Å². The summed E-state index contributed by atoms with van der Waals surface area (Å²) in [7, 11) is 1.71. The van der Waals surface area contributed by atoms with Crippen LogP contribution in [-0.2, 0) is 0 Å². The smallest absolute Gasteiger partial charge is 0.179 e. The highest BCUT2D eigenvalue weighted by Crippen LogP contribution is 2.49. The number of aliphatic imine (C=N–C) groups is 2. The molecule has 2 aliphatic heterocycles. The van der Waals surface area contributed by atoms with E-state index in [1.54, 1.807) is 7.11 Å². The SMILES string of the molecule is COc1ccccc1C1c2c(C)nn(-c3ccccc3)c2N=C2C(Nc3ccc(Cl)cc3)=Nc3ccccc3N21. The molecule has 0 amide bonds. The van der Waals surface area contributed by atoms with Gasteiger partial charge in [-0.15, -0.1) is 0 Å². The Morgan fingerprint density at radius 3 is 2.35 bits per heavy atom. The number of hydrogen-bond acceptors (Lipinski definition) is 6. The van der Waals surface area contributed by atoms with Gasteiger partial charge in [0.25, 0.3) is 0 Å². The number of nitrogens with one attached hydrogen (secondary N) is 1. The molecule has 0 fully saturated rings. The first-order chi connectivity index (χ1) is 19.6. The van der Waals surface area contributed by atoms with Crippen LogP contribution in [0.15, 0.2) is 113 Å². The number of aromatic nitrogens is 2. The Labute approximate surface area is 237 Å². The van der Waals surface area contributed by atoms with E-state index in [9.17, 15) is 0 Å². The minimum atomic E-state index is -0.269. The Kier molecular flexibility index (Phi) is 5.86. The second kappa shape index (κ2) is 9.70. The van der Waals surface area contributed by atoms with Gasteiger partial charge in [-0.05, 0) is 61.5 Å². The predicted molar refractivity (Wildman–Crippen MR) is 161 cm³/mol. The van der Waals surface area contributed by atoms with E-state index in [-0.39, 0.29) is 6.04 Å². The van der Waals surface area contributed by atoms with Gasteiger partial charge in [0.2, 0.25) is 0 Å². The standard InChI is InChI=1S/C32H25ClN6O/c1-20-28-29(24-12-6-9-15-27(24)40-2)38-26-14-8-7-13-25(26)35-30(34-22-18-16-21(33)17-19-22)32(38)36-31(28)39(37-20)23-10-4-3-5-11-23/h3-19,29H,1-2H3,(H,34,35). The van der Waals surface area contributed by atoms with Gasteiger partial charge in [-0.3, -0.25) is 0 Å². The van der Waals surface area contributed by atoms with Crippen molar-refractivity contribution in [1.29, 1.82) is 0 Å². The summed E-state index contributed by atoms with van der Waals surface area (Å²) in [5.41, 5.74) is 6.51. The fourth-order valence-corrected chi connectivity index (χ4v) is 5.53. The number of hydrogen-bond donors (Lipinski definition) is 1. The van der Waals surface area contributed by atoms with Crippen LogP contribution in [0.25, 0.3) is 5.69 Å². The molecule has 8 heteroatoms. The quantitative estimate of drug-likeness (QED) is 0.252. The van der Waals surface area contributed by atoms with Crippen molar-refractivity contribution in [1.82, 2.24) is 9.78 Å². The topological polar surface area (TPSA) is 67.0 Å². The molecular weight excluding hydrogens is 520 g/mol. The Bertz CT molecular complexity index is 1790. The summed E-state index contributed by atoms with van der Waals surface area (Å²) in [6, 6.07) is 33.6. The summed E-state index contributed by atoms with van der Waals surface area (Å²) >= 11 is 6.17. The predicted octanol–water partition coefficient (Wildman–Crippen LogP) is 7.64. The summed E-state index contributed by atoms with van der Waals surface area (Å²) in [5.74, 6) is 2.87. The number of rotatable bonds is 4. The Balaban J connectivity index is 1.51. The van der Waals surface area contributed by atoms with Gasteiger partial charge in [-0.25, -0.2) is 14.7 Å². The number of aryl methyl sites for hydroxylation is 1. The zero-order valence-electron chi connectivity index (χ0n) is 21.9. The van der Waals surface area contributed by atoms with Crippen LogP contribution in [0.5, 0.6) is 5.75 Å². The molecule has 5 aromatic rings. The van der Waals surface area contributed by atoms with Crippen molar-refractivity contribution in [3.63, 3.8) is 0 Å². The minimum absolute atomic E-state index is 0.269. The number of benzene rings is 4. The maximum absolute atomic E-state index is 6.17. The summed E-state index contributed by atoms with van der Waals surface area (Å²) in [5, 5.41) is 9.16. The molecule has 0 spiro atoms. The Morgan fingerprint density at radius 2 is 1.55 bits per heavy atom. The van der Waals surface area contributed by atoms with Gasteiger partial charge in [0.15, 0.2) is 17.5 Å². The second-order valence-electron chi connectivity index (χ2n) is 9.60. The summed E-state index contributed by atoms with van der Waals surface area (Å²) in [4.78, 5) is 12.6. The summed E-state index contributed by atoms with van der Waals surface area (Å²) in [6.07, 6.45) is 0. The lowest BCUT2D eigenvalue weighted by Gasteiger charge is -2.41. The number of halogens is 1. The number of anilines is 2. The van der Waals surface area contributed by atoms with Gasteiger partial charge in [0.05, 0.1) is 35.9 Å². The molecule has 4 aromatic carbocycles. The number of ether oxygens (including phenoxy) is 1. The lowest BCUT2D eigenvalue weighted by molar-refractivity contribution is 0.407. The van der Waals surface area contributed by atoms with Crippen molar-refractivity contribution in [2.24, 2.45) is 9.98 Å². The average Bonchev–Trinajstić information content (AvgIpc) is 3.33. The van der Waals surface area contributed by atoms with Crippen molar-refractivity contribution in [2.75, 3.05) is 17.3 Å². The molecule has 196 valence electrons. The van der Waals surface area contributed by atoms with Crippen molar-refractivity contribution >= 4 is 46.2 Å². The highest BCUT2D eigenvalue weighted by atomic mass is 35.5. The monoisotopic (exact) mass is 544 g/mol. The van der Waals surface area contributed by atoms with E-state index >= 15 is 0 Å². The van der Waals surface area contributed by atoms with E-state index < -0.39 is 0 Å². The van der Waals surface area contributed by atoms with E-state index in [2.05, 4.69) is 22.3 Å². The number of para-hydroxylation sites is 4. The molecule has 1 unspecified atom stereocenters. The number of fused-ring (bicyclic) bond motifs is 4. The van der Waals surface area contributed by atoms with Gasteiger partial charge < -0.3 is 15.0 Å². The molecule has 2 aliphatic rings. The third-order valence-corrected chi connectivity index (χ3v) is 7.43. The van der Waals surface area contributed by atoms with E-state index in [1.807, 2.05) is 103 Å². The van der Waals surface area contributed by atoms with Gasteiger partial charge in [0.1, 0.15) is 5.75 Å². The molecule has 1 N–H and O–H groups in total. The third kappa shape index (κ3) is 3.94. The largest absolute Gasteiger partial charge is 0.496 e. The first-order valence-electron chi connectivity index (χ1n) is 13.0. The summed E-state index contributed by atoms with van der Waals surface area (Å²) in [6.45, 7) is 2.04. The van der Waals surface area contributed by atoms with E-state index in [0.717, 1.165) is 51.1 Å². The van der Waals surface area contributed by atoms with Gasteiger partial charge in [-0.2, -0.15) is 5.10 Å². The highest BCUT2D eigenvalue weighted by Gasteiger charge is 2.42. The van der Waals surface area contributed by atoms with Gasteiger partial charge in [-0.1, -0.05) is 60.1 Å². The van der Waals surface area contributed by atoms with Crippen molar-refractivity contribution in [3.8, 4) is 11.4 Å². The highest BCUT2D eigenvalue weighted by molar-refractivity contribution is 6.51. The van der Waals surface area contributed by atoms with Crippen LogP contribution in [-0.4, -0.2) is 28.6 Å². The zero-order chi connectivity index (χ0) is 27.2. The third-order valence-electron chi connectivity index (χ3n) is 7.18. The first-order valence-corrected chi connectivity index (χ1v) is 13.4. The van der Waals surface area contributed by atoms with Crippen LogP contribution in [0.2, 0.25) is 5.02 Å². The molecule has 1 aromatic heterocycles. The molecule has 0 aliphatic carbocycles. The molecule has 0 radical (unpaired) electrons. The Hall–Kier alpha value is -4.88. The minimum Gasteiger partial charge on any atom is -0.496 e. The molecule has 7 rings (SSSR count). The molecule has 40 heavy (non-hydrogen) atoms. The first kappa shape index (κ1) is 24.2. The van der Waals surface area contributed by atoms with Crippen molar-refractivity contribution in [3.05, 3.63) is 125 Å². The maximum Gasteiger partial charge on any atom is 0.179 e. The van der Waals surface area contributed by atoms with Crippen LogP contribution in [0.1, 0.15) is 22.9 Å². The lowest BCUT2D eigenvalue weighted by Crippen LogP contribution is -2.46. The normalized spacial score (nSPS) is 15.4. The average molecular weight is 545 g/mol. The lowest BCUT2D eigenvalue weighted by atomic mass is 9.92. The molecular formula is C32H25ClN6O. The molecule has 3 heterocycles. The fraction of sp³-hybridized carbons (Fsp3) is 0.0938. The van der Waals surface area contributed by atoms with Gasteiger partial charge in [0, 0.05) is 21.8 Å². The number of methoxy groups -OCH3 is 1. The molecule has 0 saturated carbocycles. The van der Waals surface area contributed by atoms with E-state index in [1.165, 1.54) is 0 Å². The molecule has 0 saturated heterocycles. The fourth-order valence-electron chi connectivity index (χ4n) is 5.40. The van der Waals surface area contributed by atoms with Crippen LogP contribution in [0.4, 0.5) is 22.9 Å². The van der Waals surface area contributed by atoms with Crippen molar-refractivity contribution < 1.29 is 4.74 Å². The second-order valence-corrected chi connectivity index (χ2v) is 10.0. The molecule has 7 nitrogen and oxygen atoms in total. The zero-order valence-corrected chi connectivity index (χ0v) is 22.7. The number of amidine groups is 2. The van der Waals surface area contributed by atoms with E-state index in [4.69, 9.17) is 31.4 Å². The van der Waals surface area contributed by atoms with Crippen LogP contribution in [0, 0.1) is 6.92 Å².